The third kappa shape index (κ3) is 4.73. The van der Waals surface area contributed by atoms with Gasteiger partial charge in [-0.15, -0.1) is 0 Å². The van der Waals surface area contributed by atoms with Gasteiger partial charge in [-0.25, -0.2) is 0 Å². The monoisotopic (exact) mass is 329 g/mol. The van der Waals surface area contributed by atoms with E-state index in [2.05, 4.69) is 5.32 Å². The van der Waals surface area contributed by atoms with Crippen LogP contribution in [0.15, 0.2) is 42.5 Å². The van der Waals surface area contributed by atoms with E-state index in [1.807, 2.05) is 31.2 Å². The molecule has 0 aliphatic rings. The molecule has 0 atom stereocenters. The van der Waals surface area contributed by atoms with Crippen molar-refractivity contribution in [3.05, 3.63) is 59.2 Å². The largest absolute Gasteiger partial charge is 0.493 e. The molecule has 0 aromatic heterocycles. The number of nitrogens with one attached hydrogen (secondary N) is 1. The number of amides is 1. The van der Waals surface area contributed by atoms with Crippen molar-refractivity contribution in [2.24, 2.45) is 0 Å². The van der Waals surface area contributed by atoms with Crippen molar-refractivity contribution in [2.45, 2.75) is 20.1 Å². The quantitative estimate of drug-likeness (QED) is 0.808. The van der Waals surface area contributed by atoms with Gasteiger partial charge in [0.15, 0.2) is 11.5 Å². The number of ether oxygens (including phenoxy) is 3. The minimum Gasteiger partial charge on any atom is -0.493 e. The highest BCUT2D eigenvalue weighted by Gasteiger charge is 2.10. The maximum Gasteiger partial charge on any atom is 0.251 e. The van der Waals surface area contributed by atoms with Crippen molar-refractivity contribution in [1.29, 1.82) is 0 Å². The van der Waals surface area contributed by atoms with Crippen molar-refractivity contribution in [2.75, 3.05) is 20.8 Å². The Kier molecular flexibility index (Phi) is 6.63. The summed E-state index contributed by atoms with van der Waals surface area (Å²) in [5.41, 5.74) is 2.68. The van der Waals surface area contributed by atoms with Gasteiger partial charge in [0.1, 0.15) is 0 Å². The number of hydrogen-bond donors (Lipinski definition) is 1. The second kappa shape index (κ2) is 8.93. The fraction of sp³-hybridized carbons (Fsp3) is 0.316. The molecule has 0 heterocycles. The molecule has 128 valence electrons. The average Bonchev–Trinajstić information content (AvgIpc) is 2.64. The molecule has 2 rings (SSSR count). The summed E-state index contributed by atoms with van der Waals surface area (Å²) < 4.78 is 15.8. The van der Waals surface area contributed by atoms with Crippen molar-refractivity contribution in [3.8, 4) is 11.5 Å². The van der Waals surface area contributed by atoms with Crippen molar-refractivity contribution in [3.63, 3.8) is 0 Å². The minimum absolute atomic E-state index is 0.158. The van der Waals surface area contributed by atoms with Crippen LogP contribution in [0.4, 0.5) is 0 Å². The van der Waals surface area contributed by atoms with E-state index in [0.29, 0.717) is 36.8 Å². The van der Waals surface area contributed by atoms with E-state index in [-0.39, 0.29) is 5.91 Å². The molecule has 0 spiro atoms. The van der Waals surface area contributed by atoms with Gasteiger partial charge in [-0.3, -0.25) is 4.79 Å². The van der Waals surface area contributed by atoms with Crippen LogP contribution in [0, 0.1) is 0 Å². The van der Waals surface area contributed by atoms with Crippen LogP contribution in [0.2, 0.25) is 0 Å². The molecule has 0 aliphatic heterocycles. The zero-order valence-corrected chi connectivity index (χ0v) is 14.3. The molecule has 0 unspecified atom stereocenters. The lowest BCUT2D eigenvalue weighted by atomic mass is 10.1. The summed E-state index contributed by atoms with van der Waals surface area (Å²) in [4.78, 5) is 12.3. The van der Waals surface area contributed by atoms with Crippen LogP contribution in [0.5, 0.6) is 11.5 Å². The predicted octanol–water partition coefficient (Wildman–Crippen LogP) is 3.17. The molecule has 1 amide bonds. The Bertz CT molecular complexity index is 668. The smallest absolute Gasteiger partial charge is 0.251 e. The lowest BCUT2D eigenvalue weighted by molar-refractivity contribution is 0.0950. The number of benzene rings is 2. The number of rotatable bonds is 8. The Morgan fingerprint density at radius 2 is 1.62 bits per heavy atom. The molecule has 2 aromatic rings. The average molecular weight is 329 g/mol. The van der Waals surface area contributed by atoms with E-state index in [1.54, 1.807) is 32.4 Å². The van der Waals surface area contributed by atoms with E-state index >= 15 is 0 Å². The Morgan fingerprint density at radius 3 is 2.25 bits per heavy atom. The summed E-state index contributed by atoms with van der Waals surface area (Å²) in [5.74, 6) is 0.971. The first kappa shape index (κ1) is 17.8. The van der Waals surface area contributed by atoms with Gasteiger partial charge in [-0.05, 0) is 36.2 Å². The van der Waals surface area contributed by atoms with Gasteiger partial charge in [0, 0.05) is 18.7 Å². The summed E-state index contributed by atoms with van der Waals surface area (Å²) in [6.45, 7) is 3.73. The standard InChI is InChI=1S/C19H23NO4/c1-4-24-13-15-7-5-14(6-8-15)12-20-19(21)16-9-10-17(22-2)18(11-16)23-3/h5-11H,4,12-13H2,1-3H3,(H,20,21). The lowest BCUT2D eigenvalue weighted by Gasteiger charge is -2.10. The second-order valence-corrected chi connectivity index (χ2v) is 5.21. The van der Waals surface area contributed by atoms with Gasteiger partial charge >= 0.3 is 0 Å². The van der Waals surface area contributed by atoms with Gasteiger partial charge in [-0.1, -0.05) is 24.3 Å². The van der Waals surface area contributed by atoms with Crippen molar-refractivity contribution >= 4 is 5.91 Å². The zero-order chi connectivity index (χ0) is 17.4. The van der Waals surface area contributed by atoms with Crippen LogP contribution in [-0.2, 0) is 17.9 Å². The summed E-state index contributed by atoms with van der Waals surface area (Å²) in [7, 11) is 3.11. The summed E-state index contributed by atoms with van der Waals surface area (Å²) in [6.07, 6.45) is 0. The summed E-state index contributed by atoms with van der Waals surface area (Å²) in [6, 6.07) is 13.1. The minimum atomic E-state index is -0.158. The van der Waals surface area contributed by atoms with Crippen LogP contribution in [0.1, 0.15) is 28.4 Å². The molecule has 5 heteroatoms. The first-order valence-electron chi connectivity index (χ1n) is 7.83. The molecule has 1 N–H and O–H groups in total. The molecular weight excluding hydrogens is 306 g/mol. The lowest BCUT2D eigenvalue weighted by Crippen LogP contribution is -2.22. The van der Waals surface area contributed by atoms with Gasteiger partial charge in [0.05, 0.1) is 20.8 Å². The number of carbonyl (C=O) groups is 1. The van der Waals surface area contributed by atoms with E-state index in [0.717, 1.165) is 11.1 Å². The van der Waals surface area contributed by atoms with E-state index in [9.17, 15) is 4.79 Å². The third-order valence-electron chi connectivity index (χ3n) is 3.59. The van der Waals surface area contributed by atoms with Crippen LogP contribution < -0.4 is 14.8 Å². The summed E-state index contributed by atoms with van der Waals surface area (Å²) in [5, 5.41) is 2.90. The molecule has 5 nitrogen and oxygen atoms in total. The fourth-order valence-electron chi connectivity index (χ4n) is 2.24. The molecule has 0 fully saturated rings. The normalized spacial score (nSPS) is 10.3. The molecular formula is C19H23NO4. The fourth-order valence-corrected chi connectivity index (χ4v) is 2.24. The Balaban J connectivity index is 1.95. The van der Waals surface area contributed by atoms with Crippen LogP contribution >= 0.6 is 0 Å². The highest BCUT2D eigenvalue weighted by atomic mass is 16.5. The first-order valence-corrected chi connectivity index (χ1v) is 7.83. The second-order valence-electron chi connectivity index (χ2n) is 5.21. The highest BCUT2D eigenvalue weighted by molar-refractivity contribution is 5.94. The third-order valence-corrected chi connectivity index (χ3v) is 3.59. The van der Waals surface area contributed by atoms with Crippen molar-refractivity contribution in [1.82, 2.24) is 5.32 Å². The highest BCUT2D eigenvalue weighted by Crippen LogP contribution is 2.27. The van der Waals surface area contributed by atoms with E-state index in [1.165, 1.54) is 0 Å². The number of methoxy groups -OCH3 is 2. The molecule has 0 bridgehead atoms. The van der Waals surface area contributed by atoms with Crippen molar-refractivity contribution < 1.29 is 19.0 Å². The topological polar surface area (TPSA) is 56.8 Å². The molecule has 0 saturated heterocycles. The molecule has 0 saturated carbocycles. The van der Waals surface area contributed by atoms with Gasteiger partial charge in [-0.2, -0.15) is 0 Å². The molecule has 0 radical (unpaired) electrons. The molecule has 24 heavy (non-hydrogen) atoms. The maximum absolute atomic E-state index is 12.3. The van der Waals surface area contributed by atoms with Gasteiger partial charge in [0.2, 0.25) is 0 Å². The molecule has 0 aliphatic carbocycles. The SMILES string of the molecule is CCOCc1ccc(CNC(=O)c2ccc(OC)c(OC)c2)cc1. The van der Waals surface area contributed by atoms with Crippen LogP contribution in [-0.4, -0.2) is 26.7 Å². The maximum atomic E-state index is 12.3. The Morgan fingerprint density at radius 1 is 0.958 bits per heavy atom. The predicted molar refractivity (Wildman–Crippen MR) is 92.5 cm³/mol. The summed E-state index contributed by atoms with van der Waals surface area (Å²) >= 11 is 0. The van der Waals surface area contributed by atoms with E-state index < -0.39 is 0 Å². The number of carbonyl (C=O) groups excluding carboxylic acids is 1. The molecule has 2 aromatic carbocycles. The van der Waals surface area contributed by atoms with Gasteiger partial charge < -0.3 is 19.5 Å². The van der Waals surface area contributed by atoms with Crippen LogP contribution in [0.3, 0.4) is 0 Å². The number of hydrogen-bond acceptors (Lipinski definition) is 4. The first-order chi connectivity index (χ1) is 11.7. The Labute approximate surface area is 142 Å². The zero-order valence-electron chi connectivity index (χ0n) is 14.3. The van der Waals surface area contributed by atoms with Crippen LogP contribution in [0.25, 0.3) is 0 Å². The Hall–Kier alpha value is -2.53. The van der Waals surface area contributed by atoms with Gasteiger partial charge in [0.25, 0.3) is 5.91 Å². The van der Waals surface area contributed by atoms with E-state index in [4.69, 9.17) is 14.2 Å².